The molecule has 0 spiro atoms. The maximum Gasteiger partial charge on any atom is 0.337 e. The van der Waals surface area contributed by atoms with Gasteiger partial charge in [0.25, 0.3) is 0 Å². The van der Waals surface area contributed by atoms with Gasteiger partial charge in [0.15, 0.2) is 0 Å². The van der Waals surface area contributed by atoms with Gasteiger partial charge < -0.3 is 14.6 Å². The Bertz CT molecular complexity index is 354. The number of aliphatic hydroxyl groups excluding tert-OH is 1. The number of hydrogen-bond donors (Lipinski definition) is 1. The van der Waals surface area contributed by atoms with Gasteiger partial charge in [0, 0.05) is 0 Å². The monoisotopic (exact) mass is 254 g/mol. The van der Waals surface area contributed by atoms with E-state index in [0.29, 0.717) is 6.42 Å². The summed E-state index contributed by atoms with van der Waals surface area (Å²) in [5.74, 6) is -1.32. The summed E-state index contributed by atoms with van der Waals surface area (Å²) in [6.07, 6.45) is 3.58. The fourth-order valence-corrected chi connectivity index (χ4v) is 1.000. The molecule has 100 valence electrons. The molecule has 0 heterocycles. The molecule has 0 bridgehead atoms. The minimum absolute atomic E-state index is 0.0268. The number of esters is 2. The lowest BCUT2D eigenvalue weighted by Crippen LogP contribution is -2.17. The highest BCUT2D eigenvalue weighted by Gasteiger charge is 2.13. The van der Waals surface area contributed by atoms with E-state index in [1.54, 1.807) is 6.08 Å². The molecule has 0 aliphatic heterocycles. The van der Waals surface area contributed by atoms with Crippen LogP contribution in [0.5, 0.6) is 0 Å². The van der Waals surface area contributed by atoms with Crippen molar-refractivity contribution in [2.45, 2.75) is 13.3 Å². The van der Waals surface area contributed by atoms with Gasteiger partial charge in [-0.1, -0.05) is 32.2 Å². The van der Waals surface area contributed by atoms with Crippen molar-refractivity contribution in [1.82, 2.24) is 0 Å². The van der Waals surface area contributed by atoms with Crippen molar-refractivity contribution in [2.75, 3.05) is 19.8 Å². The molecule has 0 saturated heterocycles. The molecular formula is C13H18O5. The topological polar surface area (TPSA) is 72.8 Å². The van der Waals surface area contributed by atoms with E-state index in [2.05, 4.69) is 13.2 Å². The Kier molecular flexibility index (Phi) is 8.22. The highest BCUT2D eigenvalue weighted by molar-refractivity contribution is 5.91. The maximum atomic E-state index is 11.4. The van der Waals surface area contributed by atoms with Gasteiger partial charge in [-0.05, 0) is 6.42 Å². The third-order valence-corrected chi connectivity index (χ3v) is 1.88. The van der Waals surface area contributed by atoms with E-state index in [1.807, 2.05) is 6.92 Å². The molecule has 0 rings (SSSR count). The maximum absolute atomic E-state index is 11.4. The summed E-state index contributed by atoms with van der Waals surface area (Å²) in [4.78, 5) is 22.7. The Hall–Kier alpha value is -1.88. The van der Waals surface area contributed by atoms with Crippen molar-refractivity contribution >= 4 is 11.9 Å². The third-order valence-electron chi connectivity index (χ3n) is 1.88. The molecule has 0 atom stereocenters. The third kappa shape index (κ3) is 6.00. The summed E-state index contributed by atoms with van der Waals surface area (Å²) < 4.78 is 9.52. The molecule has 0 aliphatic carbocycles. The number of carbonyl (C=O) groups excluding carboxylic acids is 2. The van der Waals surface area contributed by atoms with E-state index < -0.39 is 18.5 Å². The second kappa shape index (κ2) is 9.18. The first-order valence-corrected chi connectivity index (χ1v) is 5.49. The van der Waals surface area contributed by atoms with Crippen LogP contribution in [0.3, 0.4) is 0 Å². The van der Waals surface area contributed by atoms with Crippen LogP contribution in [0.25, 0.3) is 0 Å². The van der Waals surface area contributed by atoms with E-state index in [1.165, 1.54) is 6.08 Å². The number of aliphatic hydroxyl groups is 1. The Labute approximate surface area is 106 Å². The zero-order valence-electron chi connectivity index (χ0n) is 10.5. The summed E-state index contributed by atoms with van der Waals surface area (Å²) in [7, 11) is 0. The SMILES string of the molecule is C=CCOC(=O)C(=C)COC(=O)C(=CCC)CO. The van der Waals surface area contributed by atoms with E-state index in [0.717, 1.165) is 0 Å². The fraction of sp³-hybridized carbons (Fsp3) is 0.385. The molecule has 0 aliphatic rings. The summed E-state index contributed by atoms with van der Waals surface area (Å²) in [5.41, 5.74) is 0.184. The van der Waals surface area contributed by atoms with E-state index in [4.69, 9.17) is 14.6 Å². The lowest BCUT2D eigenvalue weighted by atomic mass is 10.2. The lowest BCUT2D eigenvalue weighted by Gasteiger charge is -2.08. The fourth-order valence-electron chi connectivity index (χ4n) is 1.000. The molecule has 0 amide bonds. The van der Waals surface area contributed by atoms with Crippen LogP contribution in [-0.4, -0.2) is 36.9 Å². The predicted octanol–water partition coefficient (Wildman–Crippen LogP) is 1.14. The van der Waals surface area contributed by atoms with E-state index in [-0.39, 0.29) is 24.4 Å². The van der Waals surface area contributed by atoms with Gasteiger partial charge in [0.05, 0.1) is 17.8 Å². The van der Waals surface area contributed by atoms with Crippen LogP contribution in [0.4, 0.5) is 0 Å². The van der Waals surface area contributed by atoms with Gasteiger partial charge in [-0.3, -0.25) is 0 Å². The summed E-state index contributed by atoms with van der Waals surface area (Å²) in [5, 5.41) is 8.92. The van der Waals surface area contributed by atoms with Crippen LogP contribution in [0.15, 0.2) is 36.5 Å². The zero-order valence-corrected chi connectivity index (χ0v) is 10.5. The number of allylic oxidation sites excluding steroid dienone is 1. The molecule has 0 aromatic heterocycles. The Morgan fingerprint density at radius 2 is 1.94 bits per heavy atom. The summed E-state index contributed by atoms with van der Waals surface area (Å²) >= 11 is 0. The molecule has 18 heavy (non-hydrogen) atoms. The molecular weight excluding hydrogens is 236 g/mol. The van der Waals surface area contributed by atoms with Gasteiger partial charge in [-0.2, -0.15) is 0 Å². The molecule has 0 unspecified atom stereocenters. The second-order valence-electron chi connectivity index (χ2n) is 3.36. The highest BCUT2D eigenvalue weighted by atomic mass is 16.5. The number of hydrogen-bond acceptors (Lipinski definition) is 5. The minimum Gasteiger partial charge on any atom is -0.458 e. The summed E-state index contributed by atoms with van der Waals surface area (Å²) in [6, 6.07) is 0. The van der Waals surface area contributed by atoms with Crippen LogP contribution in [-0.2, 0) is 19.1 Å². The number of carbonyl (C=O) groups is 2. The lowest BCUT2D eigenvalue weighted by molar-refractivity contribution is -0.141. The van der Waals surface area contributed by atoms with Gasteiger partial charge in [-0.25, -0.2) is 9.59 Å². The smallest absolute Gasteiger partial charge is 0.337 e. The predicted molar refractivity (Wildman–Crippen MR) is 66.7 cm³/mol. The Morgan fingerprint density at radius 1 is 1.28 bits per heavy atom. The van der Waals surface area contributed by atoms with Crippen molar-refractivity contribution in [1.29, 1.82) is 0 Å². The first-order chi connectivity index (χ1) is 8.56. The van der Waals surface area contributed by atoms with E-state index >= 15 is 0 Å². The van der Waals surface area contributed by atoms with Crippen LogP contribution < -0.4 is 0 Å². The zero-order chi connectivity index (χ0) is 14.0. The normalized spacial score (nSPS) is 10.7. The van der Waals surface area contributed by atoms with Crippen LogP contribution >= 0.6 is 0 Å². The van der Waals surface area contributed by atoms with Crippen LogP contribution in [0, 0.1) is 0 Å². The molecule has 5 nitrogen and oxygen atoms in total. The van der Waals surface area contributed by atoms with Crippen molar-refractivity contribution in [3.63, 3.8) is 0 Å². The molecule has 5 heteroatoms. The minimum atomic E-state index is -0.669. The molecule has 0 aromatic carbocycles. The largest absolute Gasteiger partial charge is 0.458 e. The average molecular weight is 254 g/mol. The molecule has 0 fully saturated rings. The number of ether oxygens (including phenoxy) is 2. The Balaban J connectivity index is 4.20. The second-order valence-corrected chi connectivity index (χ2v) is 3.36. The molecule has 0 radical (unpaired) electrons. The molecule has 0 aromatic rings. The Morgan fingerprint density at radius 3 is 2.44 bits per heavy atom. The molecule has 1 N–H and O–H groups in total. The first-order valence-electron chi connectivity index (χ1n) is 5.49. The highest BCUT2D eigenvalue weighted by Crippen LogP contribution is 2.02. The van der Waals surface area contributed by atoms with Gasteiger partial charge >= 0.3 is 11.9 Å². The van der Waals surface area contributed by atoms with E-state index in [9.17, 15) is 9.59 Å². The van der Waals surface area contributed by atoms with Gasteiger partial charge in [0.1, 0.15) is 13.2 Å². The van der Waals surface area contributed by atoms with Crippen LogP contribution in [0.2, 0.25) is 0 Å². The average Bonchev–Trinajstić information content (AvgIpc) is 2.38. The van der Waals surface area contributed by atoms with Gasteiger partial charge in [0.2, 0.25) is 0 Å². The molecule has 0 saturated carbocycles. The number of rotatable bonds is 8. The van der Waals surface area contributed by atoms with Crippen molar-refractivity contribution in [3.8, 4) is 0 Å². The van der Waals surface area contributed by atoms with Crippen molar-refractivity contribution < 1.29 is 24.2 Å². The summed E-state index contributed by atoms with van der Waals surface area (Å²) in [6.45, 7) is 8.07. The van der Waals surface area contributed by atoms with Gasteiger partial charge in [-0.15, -0.1) is 0 Å². The first kappa shape index (κ1) is 16.1. The van der Waals surface area contributed by atoms with Crippen molar-refractivity contribution in [3.05, 3.63) is 36.5 Å². The quantitative estimate of drug-likeness (QED) is 0.399. The van der Waals surface area contributed by atoms with Crippen molar-refractivity contribution in [2.24, 2.45) is 0 Å². The standard InChI is InChI=1S/C13H18O5/c1-4-6-11(8-14)13(16)18-9-10(3)12(15)17-7-5-2/h5-6,14H,2-4,7-9H2,1H3. The van der Waals surface area contributed by atoms with Crippen LogP contribution in [0.1, 0.15) is 13.3 Å².